The molecule has 1 unspecified atom stereocenters. The van der Waals surface area contributed by atoms with Gasteiger partial charge in [-0.3, -0.25) is 0 Å². The summed E-state index contributed by atoms with van der Waals surface area (Å²) in [6.07, 6.45) is 0.460. The van der Waals surface area contributed by atoms with Crippen molar-refractivity contribution in [2.24, 2.45) is 0 Å². The van der Waals surface area contributed by atoms with Gasteiger partial charge in [-0.1, -0.05) is 35.9 Å². The monoisotopic (exact) mass is 280 g/mol. The van der Waals surface area contributed by atoms with Crippen molar-refractivity contribution in [2.45, 2.75) is 26.9 Å². The van der Waals surface area contributed by atoms with Gasteiger partial charge in [0.25, 0.3) is 0 Å². The maximum Gasteiger partial charge on any atom is 1.00 e. The summed E-state index contributed by atoms with van der Waals surface area (Å²) in [5, 5.41) is 0. The van der Waals surface area contributed by atoms with Gasteiger partial charge < -0.3 is 9.42 Å². The zero-order chi connectivity index (χ0) is 13.8. The largest absolute Gasteiger partial charge is 1.00 e. The molecule has 0 fully saturated rings. The molecule has 2 aromatic rings. The average Bonchev–Trinajstić information content (AvgIpc) is 2.35. The third-order valence-corrected chi connectivity index (χ3v) is 4.07. The molecule has 0 heterocycles. The summed E-state index contributed by atoms with van der Waals surface area (Å²) in [7, 11) is -1.73. The fraction of sp³-hybridized carbons (Fsp3) is 0.250. The molecule has 0 bridgehead atoms. The van der Waals surface area contributed by atoms with Gasteiger partial charge in [0.1, 0.15) is 5.75 Å². The fourth-order valence-electron chi connectivity index (χ4n) is 2.22. The molecule has 2 aromatic carbocycles. The predicted molar refractivity (Wildman–Crippen MR) is 78.3 cm³/mol. The summed E-state index contributed by atoms with van der Waals surface area (Å²) in [5.74, 6) is 0.658. The quantitative estimate of drug-likeness (QED) is 0.615. The molecule has 2 rings (SSSR count). The maximum absolute atomic E-state index is 12.1. The number of hydrogen-bond acceptors (Lipinski definition) is 2. The molecule has 2 nitrogen and oxygen atoms in total. The van der Waals surface area contributed by atoms with Gasteiger partial charge in [0, 0.05) is 14.5 Å². The Morgan fingerprint density at radius 1 is 1.00 bits per heavy atom. The van der Waals surface area contributed by atoms with Crippen LogP contribution in [0.5, 0.6) is 5.75 Å². The summed E-state index contributed by atoms with van der Waals surface area (Å²) in [4.78, 5) is 12.1. The van der Waals surface area contributed by atoms with Crippen LogP contribution in [0.15, 0.2) is 42.5 Å². The Balaban J connectivity index is 0.00000200. The summed E-state index contributed by atoms with van der Waals surface area (Å²) in [6.45, 7) is 6.19. The fourth-order valence-corrected chi connectivity index (χ4v) is 3.40. The van der Waals surface area contributed by atoms with Crippen molar-refractivity contribution in [1.29, 1.82) is 0 Å². The molecule has 0 saturated carbocycles. The molecule has 0 spiro atoms. The van der Waals surface area contributed by atoms with Crippen molar-refractivity contribution in [1.82, 2.24) is 0 Å². The molecule has 0 saturated heterocycles. The Hall–Kier alpha value is -0.773. The van der Waals surface area contributed by atoms with Gasteiger partial charge >= 0.3 is 18.9 Å². The van der Waals surface area contributed by atoms with Crippen LogP contribution in [0.25, 0.3) is 0 Å². The maximum atomic E-state index is 12.1. The van der Waals surface area contributed by atoms with E-state index in [0.29, 0.717) is 11.9 Å². The van der Waals surface area contributed by atoms with E-state index >= 15 is 0 Å². The Labute approximate surface area is 134 Å². The van der Waals surface area contributed by atoms with Crippen LogP contribution in [0.1, 0.15) is 22.3 Å². The van der Waals surface area contributed by atoms with Crippen molar-refractivity contribution >= 4 is 8.38 Å². The van der Waals surface area contributed by atoms with Crippen LogP contribution in [0.2, 0.25) is 0 Å². The van der Waals surface area contributed by atoms with Crippen LogP contribution in [0.3, 0.4) is 0 Å². The van der Waals surface area contributed by atoms with Gasteiger partial charge in [0.2, 0.25) is 0 Å². The van der Waals surface area contributed by atoms with E-state index < -0.39 is 8.38 Å². The molecule has 1 atom stereocenters. The van der Waals surface area contributed by atoms with Crippen LogP contribution in [-0.2, 0) is 6.16 Å². The molecule has 0 aliphatic carbocycles. The van der Waals surface area contributed by atoms with E-state index in [0.717, 1.165) is 5.56 Å². The number of para-hydroxylation sites is 1. The summed E-state index contributed by atoms with van der Waals surface area (Å²) >= 11 is 0. The Morgan fingerprint density at radius 2 is 1.55 bits per heavy atom. The Morgan fingerprint density at radius 3 is 2.10 bits per heavy atom. The van der Waals surface area contributed by atoms with E-state index in [2.05, 4.69) is 32.9 Å². The predicted octanol–water partition coefficient (Wildman–Crippen LogP) is 0.867. The second kappa shape index (κ2) is 7.86. The number of hydrogen-bond donors (Lipinski definition) is 0. The first-order valence-corrected chi connectivity index (χ1v) is 7.67. The molecular weight excluding hydrogens is 262 g/mol. The third kappa shape index (κ3) is 4.65. The molecule has 0 aliphatic rings. The standard InChI is InChI=1S/C16H18O2P.Li/c1-12-9-13(2)16(14(3)10-12)11-19(17)18-15-7-5-4-6-8-15;/h4-10H,11H2,1-3H3;/q-1;+1. The first-order chi connectivity index (χ1) is 9.06. The molecule has 0 radical (unpaired) electrons. The first-order valence-electron chi connectivity index (χ1n) is 6.30. The Kier molecular flexibility index (Phi) is 6.79. The first kappa shape index (κ1) is 17.3. The van der Waals surface area contributed by atoms with Gasteiger partial charge in [-0.2, -0.15) is 0 Å². The van der Waals surface area contributed by atoms with Gasteiger partial charge in [0.05, 0.1) is 0 Å². The van der Waals surface area contributed by atoms with E-state index in [1.165, 1.54) is 16.7 Å². The van der Waals surface area contributed by atoms with Crippen molar-refractivity contribution in [3.05, 3.63) is 64.7 Å². The number of aryl methyl sites for hydroxylation is 3. The van der Waals surface area contributed by atoms with E-state index in [4.69, 9.17) is 4.52 Å². The van der Waals surface area contributed by atoms with Crippen LogP contribution < -0.4 is 28.3 Å². The van der Waals surface area contributed by atoms with Gasteiger partial charge in [-0.25, -0.2) is 0 Å². The molecule has 0 N–H and O–H groups in total. The zero-order valence-corrected chi connectivity index (χ0v) is 13.4. The molecule has 20 heavy (non-hydrogen) atoms. The topological polar surface area (TPSA) is 32.3 Å². The second-order valence-corrected chi connectivity index (χ2v) is 5.94. The average molecular weight is 280 g/mol. The van der Waals surface area contributed by atoms with E-state index in [-0.39, 0.29) is 18.9 Å². The van der Waals surface area contributed by atoms with E-state index in [1.807, 2.05) is 30.3 Å². The minimum Gasteiger partial charge on any atom is -0.798 e. The molecule has 0 aliphatic heterocycles. The van der Waals surface area contributed by atoms with Crippen LogP contribution in [0, 0.1) is 20.8 Å². The summed E-state index contributed by atoms with van der Waals surface area (Å²) in [5.41, 5.74) is 4.72. The molecule has 0 amide bonds. The zero-order valence-electron chi connectivity index (χ0n) is 12.5. The second-order valence-electron chi connectivity index (χ2n) is 4.77. The van der Waals surface area contributed by atoms with Gasteiger partial charge in [0.15, 0.2) is 0 Å². The van der Waals surface area contributed by atoms with Crippen molar-refractivity contribution < 1.29 is 28.3 Å². The van der Waals surface area contributed by atoms with Gasteiger partial charge in [-0.15, -0.1) is 0 Å². The molecule has 4 heteroatoms. The summed E-state index contributed by atoms with van der Waals surface area (Å²) < 4.78 is 5.47. The van der Waals surface area contributed by atoms with Crippen molar-refractivity contribution in [2.75, 3.05) is 0 Å². The summed E-state index contributed by atoms with van der Waals surface area (Å²) in [6, 6.07) is 13.5. The molecular formula is C16H18LiO2P. The number of benzene rings is 2. The Bertz CT molecular complexity index is 535. The minimum atomic E-state index is -1.73. The minimum absolute atomic E-state index is 0. The van der Waals surface area contributed by atoms with Crippen molar-refractivity contribution in [3.8, 4) is 5.75 Å². The van der Waals surface area contributed by atoms with Crippen LogP contribution in [0.4, 0.5) is 0 Å². The van der Waals surface area contributed by atoms with Gasteiger partial charge in [-0.05, 0) is 49.6 Å². The smallest absolute Gasteiger partial charge is 0.798 e. The van der Waals surface area contributed by atoms with E-state index in [1.54, 1.807) is 0 Å². The van der Waals surface area contributed by atoms with E-state index in [9.17, 15) is 4.89 Å². The molecule has 0 aromatic heterocycles. The normalized spacial score (nSPS) is 11.6. The number of rotatable bonds is 4. The van der Waals surface area contributed by atoms with Crippen LogP contribution >= 0.6 is 8.38 Å². The SMILES string of the molecule is Cc1cc(C)c(CP([O-])Oc2ccccc2)c(C)c1.[Li+]. The van der Waals surface area contributed by atoms with Crippen molar-refractivity contribution in [3.63, 3.8) is 0 Å². The van der Waals surface area contributed by atoms with Crippen LogP contribution in [-0.4, -0.2) is 0 Å². The molecule has 100 valence electrons. The third-order valence-electron chi connectivity index (χ3n) is 3.08.